The highest BCUT2D eigenvalue weighted by molar-refractivity contribution is 14.0. The predicted molar refractivity (Wildman–Crippen MR) is 109 cm³/mol. The second-order valence-corrected chi connectivity index (χ2v) is 4.95. The Morgan fingerprint density at radius 2 is 1.71 bits per heavy atom. The van der Waals surface area contributed by atoms with Gasteiger partial charge in [0, 0.05) is 6.54 Å². The largest absolute Gasteiger partial charge is 0.497 e. The summed E-state index contributed by atoms with van der Waals surface area (Å²) in [6, 6.07) is 17.7. The Bertz CT molecular complexity index is 603. The zero-order valence-corrected chi connectivity index (χ0v) is 16.1. The van der Waals surface area contributed by atoms with Crippen LogP contribution in [0.5, 0.6) is 11.5 Å². The third-order valence-electron chi connectivity index (χ3n) is 3.26. The van der Waals surface area contributed by atoms with Crippen molar-refractivity contribution >= 4 is 29.9 Å². The first-order chi connectivity index (χ1) is 11.3. The highest BCUT2D eigenvalue weighted by atomic mass is 127. The van der Waals surface area contributed by atoms with Gasteiger partial charge in [0.25, 0.3) is 0 Å². The molecule has 0 radical (unpaired) electrons. The van der Waals surface area contributed by atoms with Crippen molar-refractivity contribution in [3.05, 3.63) is 60.2 Å². The predicted octanol–water partition coefficient (Wildman–Crippen LogP) is 2.84. The molecule has 0 aliphatic rings. The van der Waals surface area contributed by atoms with Gasteiger partial charge in [-0.2, -0.15) is 0 Å². The summed E-state index contributed by atoms with van der Waals surface area (Å²) in [6.07, 6.45) is 0.881. The zero-order chi connectivity index (χ0) is 16.3. The number of halogens is 1. The number of aliphatic imine (C=N–C) groups is 1. The number of hydrogen-bond donors (Lipinski definition) is 2. The Balaban J connectivity index is 0.00000288. The van der Waals surface area contributed by atoms with E-state index in [1.54, 1.807) is 7.11 Å². The number of nitrogens with zero attached hydrogens (tertiary/aromatic N) is 1. The number of rotatable bonds is 8. The first-order valence-electron chi connectivity index (χ1n) is 7.62. The van der Waals surface area contributed by atoms with E-state index in [9.17, 15) is 0 Å². The molecule has 0 amide bonds. The van der Waals surface area contributed by atoms with Crippen LogP contribution >= 0.6 is 24.0 Å². The molecule has 0 bridgehead atoms. The minimum atomic E-state index is 0. The van der Waals surface area contributed by atoms with Gasteiger partial charge in [0.1, 0.15) is 18.1 Å². The van der Waals surface area contributed by atoms with Gasteiger partial charge in [-0.1, -0.05) is 30.3 Å². The van der Waals surface area contributed by atoms with E-state index >= 15 is 0 Å². The fourth-order valence-corrected chi connectivity index (χ4v) is 2.03. The molecular formula is C18H24IN3O2. The summed E-state index contributed by atoms with van der Waals surface area (Å²) < 4.78 is 10.7. The van der Waals surface area contributed by atoms with Crippen molar-refractivity contribution in [2.45, 2.75) is 6.42 Å². The number of ether oxygens (including phenoxy) is 2. The quantitative estimate of drug-likeness (QED) is 0.286. The van der Waals surface area contributed by atoms with Crippen LogP contribution in [0.1, 0.15) is 5.56 Å². The molecular weight excluding hydrogens is 417 g/mol. The summed E-state index contributed by atoms with van der Waals surface area (Å²) >= 11 is 0. The Morgan fingerprint density at radius 3 is 2.38 bits per heavy atom. The highest BCUT2D eigenvalue weighted by Gasteiger charge is 1.96. The SMILES string of the molecule is COc1ccc(OCCNC(N)=NCCc2ccccc2)cc1.I. The van der Waals surface area contributed by atoms with Crippen molar-refractivity contribution in [1.29, 1.82) is 0 Å². The normalized spacial score (nSPS) is 10.6. The molecule has 0 spiro atoms. The average Bonchev–Trinajstić information content (AvgIpc) is 2.60. The summed E-state index contributed by atoms with van der Waals surface area (Å²) in [5.74, 6) is 2.05. The van der Waals surface area contributed by atoms with Gasteiger partial charge in [-0.15, -0.1) is 24.0 Å². The lowest BCUT2D eigenvalue weighted by atomic mass is 10.2. The van der Waals surface area contributed by atoms with Crippen molar-refractivity contribution < 1.29 is 9.47 Å². The molecule has 0 saturated heterocycles. The molecule has 2 aromatic rings. The minimum absolute atomic E-state index is 0. The van der Waals surface area contributed by atoms with Gasteiger partial charge >= 0.3 is 0 Å². The van der Waals surface area contributed by atoms with E-state index in [1.807, 2.05) is 42.5 Å². The fraction of sp³-hybridized carbons (Fsp3) is 0.278. The molecule has 0 aromatic heterocycles. The third kappa shape index (κ3) is 7.54. The topological polar surface area (TPSA) is 68.9 Å². The van der Waals surface area contributed by atoms with E-state index in [4.69, 9.17) is 15.2 Å². The van der Waals surface area contributed by atoms with Gasteiger partial charge in [0.05, 0.1) is 13.7 Å². The lowest BCUT2D eigenvalue weighted by Crippen LogP contribution is -2.34. The summed E-state index contributed by atoms with van der Waals surface area (Å²) in [5, 5.41) is 3.04. The van der Waals surface area contributed by atoms with E-state index < -0.39 is 0 Å². The van der Waals surface area contributed by atoms with Crippen LogP contribution in [0.2, 0.25) is 0 Å². The van der Waals surface area contributed by atoms with Crippen LogP contribution in [0.4, 0.5) is 0 Å². The third-order valence-corrected chi connectivity index (χ3v) is 3.26. The molecule has 0 heterocycles. The molecule has 24 heavy (non-hydrogen) atoms. The van der Waals surface area contributed by atoms with Gasteiger partial charge in [0.15, 0.2) is 5.96 Å². The zero-order valence-electron chi connectivity index (χ0n) is 13.8. The Labute approximate surface area is 160 Å². The molecule has 0 aliphatic carbocycles. The van der Waals surface area contributed by atoms with Crippen LogP contribution in [-0.2, 0) is 6.42 Å². The van der Waals surface area contributed by atoms with E-state index in [0.29, 0.717) is 25.7 Å². The Kier molecular flexibility index (Phi) is 9.67. The van der Waals surface area contributed by atoms with Crippen LogP contribution in [0.15, 0.2) is 59.6 Å². The first kappa shape index (κ1) is 20.1. The molecule has 2 aromatic carbocycles. The van der Waals surface area contributed by atoms with Crippen molar-refractivity contribution in [2.24, 2.45) is 10.7 Å². The van der Waals surface area contributed by atoms with Crippen molar-refractivity contribution in [1.82, 2.24) is 5.32 Å². The average molecular weight is 441 g/mol. The van der Waals surface area contributed by atoms with Crippen molar-refractivity contribution in [3.8, 4) is 11.5 Å². The van der Waals surface area contributed by atoms with Crippen LogP contribution in [-0.4, -0.2) is 32.8 Å². The number of benzene rings is 2. The lowest BCUT2D eigenvalue weighted by Gasteiger charge is -2.08. The molecule has 3 N–H and O–H groups in total. The van der Waals surface area contributed by atoms with Crippen molar-refractivity contribution in [3.63, 3.8) is 0 Å². The number of nitrogens with two attached hydrogens (primary N) is 1. The molecule has 0 fully saturated rings. The second-order valence-electron chi connectivity index (χ2n) is 4.95. The molecule has 6 heteroatoms. The summed E-state index contributed by atoms with van der Waals surface area (Å²) in [7, 11) is 1.64. The minimum Gasteiger partial charge on any atom is -0.497 e. The lowest BCUT2D eigenvalue weighted by molar-refractivity contribution is 0.321. The van der Waals surface area contributed by atoms with E-state index in [2.05, 4.69) is 22.4 Å². The summed E-state index contributed by atoms with van der Waals surface area (Å²) in [4.78, 5) is 4.30. The van der Waals surface area contributed by atoms with Crippen LogP contribution in [0.3, 0.4) is 0 Å². The van der Waals surface area contributed by atoms with E-state index in [-0.39, 0.29) is 24.0 Å². The van der Waals surface area contributed by atoms with Crippen LogP contribution in [0.25, 0.3) is 0 Å². The number of methoxy groups -OCH3 is 1. The van der Waals surface area contributed by atoms with E-state index in [1.165, 1.54) is 5.56 Å². The van der Waals surface area contributed by atoms with E-state index in [0.717, 1.165) is 17.9 Å². The fourth-order valence-electron chi connectivity index (χ4n) is 2.03. The maximum absolute atomic E-state index is 5.82. The van der Waals surface area contributed by atoms with Gasteiger partial charge in [-0.25, -0.2) is 0 Å². The number of hydrogen-bond acceptors (Lipinski definition) is 3. The van der Waals surface area contributed by atoms with Crippen LogP contribution < -0.4 is 20.5 Å². The smallest absolute Gasteiger partial charge is 0.188 e. The van der Waals surface area contributed by atoms with Gasteiger partial charge in [0.2, 0.25) is 0 Å². The Morgan fingerprint density at radius 1 is 1.04 bits per heavy atom. The summed E-state index contributed by atoms with van der Waals surface area (Å²) in [5.41, 5.74) is 7.08. The first-order valence-corrected chi connectivity index (χ1v) is 7.62. The monoisotopic (exact) mass is 441 g/mol. The Hall–Kier alpha value is -1.96. The van der Waals surface area contributed by atoms with Crippen molar-refractivity contribution in [2.75, 3.05) is 26.8 Å². The molecule has 0 unspecified atom stereocenters. The highest BCUT2D eigenvalue weighted by Crippen LogP contribution is 2.16. The van der Waals surface area contributed by atoms with Crippen LogP contribution in [0, 0.1) is 0 Å². The molecule has 2 rings (SSSR count). The molecule has 0 atom stereocenters. The van der Waals surface area contributed by atoms with Gasteiger partial charge < -0.3 is 20.5 Å². The maximum Gasteiger partial charge on any atom is 0.188 e. The summed E-state index contributed by atoms with van der Waals surface area (Å²) in [6.45, 7) is 1.79. The molecule has 5 nitrogen and oxygen atoms in total. The number of nitrogens with one attached hydrogen (secondary N) is 1. The van der Waals surface area contributed by atoms with Gasteiger partial charge in [-0.05, 0) is 36.2 Å². The second kappa shape index (κ2) is 11.6. The molecule has 0 aliphatic heterocycles. The number of guanidine groups is 1. The molecule has 130 valence electrons. The molecule has 0 saturated carbocycles. The maximum atomic E-state index is 5.82. The standard InChI is InChI=1S/C18H23N3O2.HI/c1-22-16-7-9-17(10-8-16)23-14-13-21-18(19)20-12-11-15-5-3-2-4-6-15;/h2-10H,11-14H2,1H3,(H3,19,20,21);1H. The van der Waals surface area contributed by atoms with Gasteiger partial charge in [-0.3, -0.25) is 4.99 Å².